The SMILES string of the molecule is CCCC(C)N(C)C(=O)C(CN)CC(C)(C)C. The van der Waals surface area contributed by atoms with Crippen molar-refractivity contribution in [3.8, 4) is 0 Å². The zero-order valence-corrected chi connectivity index (χ0v) is 12.4. The summed E-state index contributed by atoms with van der Waals surface area (Å²) < 4.78 is 0. The van der Waals surface area contributed by atoms with Crippen LogP contribution >= 0.6 is 0 Å². The van der Waals surface area contributed by atoms with Gasteiger partial charge in [-0.05, 0) is 25.2 Å². The van der Waals surface area contributed by atoms with Crippen LogP contribution in [-0.2, 0) is 4.79 Å². The van der Waals surface area contributed by atoms with Gasteiger partial charge in [0, 0.05) is 19.6 Å². The largest absolute Gasteiger partial charge is 0.343 e. The average molecular weight is 242 g/mol. The number of hydrogen-bond donors (Lipinski definition) is 1. The second-order valence-corrected chi connectivity index (χ2v) is 6.28. The van der Waals surface area contributed by atoms with Gasteiger partial charge in [-0.3, -0.25) is 4.79 Å². The fraction of sp³-hybridized carbons (Fsp3) is 0.929. The first-order valence-electron chi connectivity index (χ1n) is 6.69. The maximum Gasteiger partial charge on any atom is 0.226 e. The summed E-state index contributed by atoms with van der Waals surface area (Å²) in [6.07, 6.45) is 3.01. The first kappa shape index (κ1) is 16.4. The van der Waals surface area contributed by atoms with Crippen molar-refractivity contribution < 1.29 is 4.79 Å². The molecule has 0 spiro atoms. The van der Waals surface area contributed by atoms with Gasteiger partial charge in [-0.25, -0.2) is 0 Å². The summed E-state index contributed by atoms with van der Waals surface area (Å²) in [5.41, 5.74) is 5.89. The van der Waals surface area contributed by atoms with E-state index in [2.05, 4.69) is 34.6 Å². The van der Waals surface area contributed by atoms with Gasteiger partial charge in [0.1, 0.15) is 0 Å². The Morgan fingerprint density at radius 2 is 1.88 bits per heavy atom. The smallest absolute Gasteiger partial charge is 0.226 e. The molecule has 0 fully saturated rings. The van der Waals surface area contributed by atoms with E-state index in [4.69, 9.17) is 5.73 Å². The third-order valence-corrected chi connectivity index (χ3v) is 3.21. The minimum absolute atomic E-state index is 0.0423. The molecule has 0 saturated heterocycles. The van der Waals surface area contributed by atoms with Crippen molar-refractivity contribution in [1.82, 2.24) is 4.90 Å². The lowest BCUT2D eigenvalue weighted by molar-refractivity contribution is -0.136. The number of nitrogens with two attached hydrogens (primary N) is 1. The molecular weight excluding hydrogens is 212 g/mol. The van der Waals surface area contributed by atoms with Crippen molar-refractivity contribution in [1.29, 1.82) is 0 Å². The van der Waals surface area contributed by atoms with Crippen molar-refractivity contribution in [2.75, 3.05) is 13.6 Å². The number of amides is 1. The Labute approximate surface area is 107 Å². The third-order valence-electron chi connectivity index (χ3n) is 3.21. The molecule has 0 aliphatic heterocycles. The van der Waals surface area contributed by atoms with Crippen LogP contribution in [0.2, 0.25) is 0 Å². The highest BCUT2D eigenvalue weighted by molar-refractivity contribution is 5.79. The zero-order valence-electron chi connectivity index (χ0n) is 12.4. The van der Waals surface area contributed by atoms with E-state index in [0.717, 1.165) is 19.3 Å². The van der Waals surface area contributed by atoms with Crippen LogP contribution in [0.5, 0.6) is 0 Å². The number of carbonyl (C=O) groups excluding carboxylic acids is 1. The zero-order chi connectivity index (χ0) is 13.6. The lowest BCUT2D eigenvalue weighted by Gasteiger charge is -2.31. The van der Waals surface area contributed by atoms with Crippen molar-refractivity contribution in [2.24, 2.45) is 17.1 Å². The highest BCUT2D eigenvalue weighted by Crippen LogP contribution is 2.25. The van der Waals surface area contributed by atoms with Gasteiger partial charge in [0.15, 0.2) is 0 Å². The molecule has 0 aromatic rings. The minimum atomic E-state index is -0.0423. The van der Waals surface area contributed by atoms with Gasteiger partial charge in [0.05, 0.1) is 5.92 Å². The molecule has 0 aromatic heterocycles. The van der Waals surface area contributed by atoms with Crippen LogP contribution < -0.4 is 5.73 Å². The number of rotatable bonds is 6. The predicted molar refractivity (Wildman–Crippen MR) is 73.8 cm³/mol. The molecule has 2 unspecified atom stereocenters. The second kappa shape index (κ2) is 7.00. The number of hydrogen-bond acceptors (Lipinski definition) is 2. The van der Waals surface area contributed by atoms with Gasteiger partial charge in [0.25, 0.3) is 0 Å². The van der Waals surface area contributed by atoms with E-state index in [9.17, 15) is 4.79 Å². The summed E-state index contributed by atoms with van der Waals surface area (Å²) in [6, 6.07) is 0.307. The quantitative estimate of drug-likeness (QED) is 0.778. The first-order valence-corrected chi connectivity index (χ1v) is 6.69. The molecule has 0 radical (unpaired) electrons. The van der Waals surface area contributed by atoms with Crippen molar-refractivity contribution in [2.45, 2.75) is 59.9 Å². The average Bonchev–Trinajstić information content (AvgIpc) is 2.23. The highest BCUT2D eigenvalue weighted by Gasteiger charge is 2.27. The molecule has 0 aromatic carbocycles. The van der Waals surface area contributed by atoms with Gasteiger partial charge >= 0.3 is 0 Å². The van der Waals surface area contributed by atoms with E-state index < -0.39 is 0 Å². The first-order chi connectivity index (χ1) is 7.72. The van der Waals surface area contributed by atoms with E-state index >= 15 is 0 Å². The molecule has 1 amide bonds. The molecule has 0 bridgehead atoms. The molecule has 2 N–H and O–H groups in total. The molecule has 3 heteroatoms. The lowest BCUT2D eigenvalue weighted by Crippen LogP contribution is -2.42. The monoisotopic (exact) mass is 242 g/mol. The van der Waals surface area contributed by atoms with Crippen molar-refractivity contribution in [3.63, 3.8) is 0 Å². The molecule has 17 heavy (non-hydrogen) atoms. The van der Waals surface area contributed by atoms with Gasteiger partial charge < -0.3 is 10.6 Å². The minimum Gasteiger partial charge on any atom is -0.343 e. The summed E-state index contributed by atoms with van der Waals surface area (Å²) in [5, 5.41) is 0. The molecule has 0 rings (SSSR count). The van der Waals surface area contributed by atoms with Crippen molar-refractivity contribution >= 4 is 5.91 Å². The maximum absolute atomic E-state index is 12.3. The molecule has 0 saturated carbocycles. The normalized spacial score (nSPS) is 15.5. The fourth-order valence-corrected chi connectivity index (χ4v) is 2.13. The van der Waals surface area contributed by atoms with E-state index in [-0.39, 0.29) is 17.2 Å². The van der Waals surface area contributed by atoms with Crippen LogP contribution in [0.15, 0.2) is 0 Å². The van der Waals surface area contributed by atoms with Crippen molar-refractivity contribution in [3.05, 3.63) is 0 Å². The fourth-order valence-electron chi connectivity index (χ4n) is 2.13. The van der Waals surface area contributed by atoms with Gasteiger partial charge in [-0.2, -0.15) is 0 Å². The summed E-state index contributed by atoms with van der Waals surface area (Å²) >= 11 is 0. The van der Waals surface area contributed by atoms with E-state index in [1.807, 2.05) is 11.9 Å². The molecule has 3 nitrogen and oxygen atoms in total. The topological polar surface area (TPSA) is 46.3 Å². The summed E-state index contributed by atoms with van der Waals surface area (Å²) in [6.45, 7) is 11.1. The molecule has 0 aliphatic rings. The number of nitrogens with zero attached hydrogens (tertiary/aromatic N) is 1. The number of carbonyl (C=O) groups is 1. The molecule has 0 heterocycles. The lowest BCUT2D eigenvalue weighted by atomic mass is 9.84. The van der Waals surface area contributed by atoms with E-state index in [0.29, 0.717) is 12.6 Å². The molecule has 102 valence electrons. The second-order valence-electron chi connectivity index (χ2n) is 6.28. The van der Waals surface area contributed by atoms with E-state index in [1.165, 1.54) is 0 Å². The maximum atomic E-state index is 12.3. The predicted octanol–water partition coefficient (Wildman–Crippen LogP) is 2.64. The molecular formula is C14H30N2O. The van der Waals surface area contributed by atoms with Crippen LogP contribution in [0.1, 0.15) is 53.9 Å². The highest BCUT2D eigenvalue weighted by atomic mass is 16.2. The van der Waals surface area contributed by atoms with Crippen LogP contribution in [0, 0.1) is 11.3 Å². The van der Waals surface area contributed by atoms with Crippen LogP contribution in [-0.4, -0.2) is 30.4 Å². The standard InChI is InChI=1S/C14H30N2O/c1-7-8-11(2)16(6)13(17)12(10-15)9-14(3,4)5/h11-12H,7-10,15H2,1-6H3. The Hall–Kier alpha value is -0.570. The van der Waals surface area contributed by atoms with E-state index in [1.54, 1.807) is 0 Å². The van der Waals surface area contributed by atoms with Crippen LogP contribution in [0.25, 0.3) is 0 Å². The van der Waals surface area contributed by atoms with Gasteiger partial charge in [-0.15, -0.1) is 0 Å². The van der Waals surface area contributed by atoms with Gasteiger partial charge in [0.2, 0.25) is 5.91 Å². The Morgan fingerprint density at radius 1 is 1.35 bits per heavy atom. The van der Waals surface area contributed by atoms with Gasteiger partial charge in [-0.1, -0.05) is 34.1 Å². The Kier molecular flexibility index (Phi) is 6.76. The molecule has 0 aliphatic carbocycles. The molecule has 2 atom stereocenters. The summed E-state index contributed by atoms with van der Waals surface area (Å²) in [5.74, 6) is 0.155. The Morgan fingerprint density at radius 3 is 2.24 bits per heavy atom. The summed E-state index contributed by atoms with van der Waals surface area (Å²) in [4.78, 5) is 14.2. The Balaban J connectivity index is 4.53. The van der Waals surface area contributed by atoms with Crippen LogP contribution in [0.3, 0.4) is 0 Å². The Bertz CT molecular complexity index is 233. The summed E-state index contributed by atoms with van der Waals surface area (Å²) in [7, 11) is 1.90. The van der Waals surface area contributed by atoms with Crippen LogP contribution in [0.4, 0.5) is 0 Å². The third kappa shape index (κ3) is 6.06.